The third-order valence-corrected chi connectivity index (χ3v) is 3.06. The lowest BCUT2D eigenvalue weighted by Crippen LogP contribution is -2.27. The van der Waals surface area contributed by atoms with E-state index in [-0.39, 0.29) is 11.7 Å². The van der Waals surface area contributed by atoms with Crippen LogP contribution in [0.2, 0.25) is 5.02 Å². The first-order valence-electron chi connectivity index (χ1n) is 5.47. The zero-order chi connectivity index (χ0) is 12.4. The van der Waals surface area contributed by atoms with E-state index in [1.165, 1.54) is 12.1 Å². The van der Waals surface area contributed by atoms with Gasteiger partial charge in [0.1, 0.15) is 11.7 Å². The lowest BCUT2D eigenvalue weighted by atomic mass is 9.90. The van der Waals surface area contributed by atoms with Crippen molar-refractivity contribution in [2.75, 3.05) is 0 Å². The van der Waals surface area contributed by atoms with E-state index in [2.05, 4.69) is 10.2 Å². The maximum Gasteiger partial charge on any atom is 0.132 e. The number of rotatable bonds is 2. The van der Waals surface area contributed by atoms with Gasteiger partial charge in [-0.15, -0.1) is 5.10 Å². The number of nitrogens with zero attached hydrogens (tertiary/aromatic N) is 2. The molecular formula is C12H13ClFN3. The number of halogens is 2. The topological polar surface area (TPSA) is 50.7 Å². The lowest BCUT2D eigenvalue weighted by molar-refractivity contribution is 0.616. The van der Waals surface area contributed by atoms with Gasteiger partial charge in [0.2, 0.25) is 0 Å². The molecular weight excluding hydrogens is 241 g/mol. The Morgan fingerprint density at radius 1 is 1.47 bits per heavy atom. The van der Waals surface area contributed by atoms with Gasteiger partial charge in [0, 0.05) is 22.9 Å². The van der Waals surface area contributed by atoms with Crippen molar-refractivity contribution in [1.29, 1.82) is 0 Å². The molecule has 1 aromatic rings. The quantitative estimate of drug-likeness (QED) is 0.866. The Bertz CT molecular complexity index is 497. The van der Waals surface area contributed by atoms with Crippen molar-refractivity contribution >= 4 is 23.1 Å². The number of amidine groups is 1. The Balaban J connectivity index is 2.47. The van der Waals surface area contributed by atoms with E-state index in [1.54, 1.807) is 6.07 Å². The van der Waals surface area contributed by atoms with Crippen LogP contribution in [0.5, 0.6) is 0 Å². The largest absolute Gasteiger partial charge is 0.386 e. The van der Waals surface area contributed by atoms with E-state index in [1.807, 2.05) is 6.92 Å². The average molecular weight is 254 g/mol. The van der Waals surface area contributed by atoms with E-state index in [0.29, 0.717) is 28.6 Å². The molecule has 3 nitrogen and oxygen atoms in total. The van der Waals surface area contributed by atoms with Crippen molar-refractivity contribution < 1.29 is 4.39 Å². The highest BCUT2D eigenvalue weighted by Crippen LogP contribution is 2.24. The van der Waals surface area contributed by atoms with Crippen molar-refractivity contribution in [2.45, 2.75) is 19.8 Å². The highest BCUT2D eigenvalue weighted by atomic mass is 35.5. The average Bonchev–Trinajstić information content (AvgIpc) is 2.32. The molecule has 0 fully saturated rings. The fraction of sp³-hybridized carbons (Fsp3) is 0.333. The van der Waals surface area contributed by atoms with Crippen LogP contribution in [0.25, 0.3) is 0 Å². The molecule has 1 atom stereocenters. The third kappa shape index (κ3) is 2.47. The summed E-state index contributed by atoms with van der Waals surface area (Å²) in [6, 6.07) is 4.44. The normalized spacial score (nSPS) is 19.8. The lowest BCUT2D eigenvalue weighted by Gasteiger charge is -2.20. The molecule has 0 spiro atoms. The number of benzene rings is 1. The van der Waals surface area contributed by atoms with Crippen LogP contribution in [-0.2, 0) is 0 Å². The standard InChI is InChI=1S/C12H13ClFN3/c1-2-7-5-11(15)16-17-12(7)9-6-8(13)3-4-10(9)14/h3-4,6-7H,2,5H2,1H3,(H2,15,16). The Hall–Kier alpha value is -1.42. The molecule has 0 aliphatic carbocycles. The van der Waals surface area contributed by atoms with Crippen molar-refractivity contribution in [3.63, 3.8) is 0 Å². The summed E-state index contributed by atoms with van der Waals surface area (Å²) in [6.07, 6.45) is 1.45. The zero-order valence-corrected chi connectivity index (χ0v) is 10.2. The van der Waals surface area contributed by atoms with Gasteiger partial charge in [-0.25, -0.2) is 4.39 Å². The molecule has 17 heavy (non-hydrogen) atoms. The highest BCUT2D eigenvalue weighted by molar-refractivity contribution is 6.31. The second-order valence-electron chi connectivity index (χ2n) is 4.01. The minimum absolute atomic E-state index is 0.0977. The van der Waals surface area contributed by atoms with Crippen LogP contribution >= 0.6 is 11.6 Å². The molecule has 0 radical (unpaired) electrons. The smallest absolute Gasteiger partial charge is 0.132 e. The molecule has 1 heterocycles. The highest BCUT2D eigenvalue weighted by Gasteiger charge is 2.23. The van der Waals surface area contributed by atoms with Gasteiger partial charge in [-0.05, 0) is 24.6 Å². The molecule has 0 saturated heterocycles. The fourth-order valence-corrected chi connectivity index (χ4v) is 2.07. The summed E-state index contributed by atoms with van der Waals surface area (Å²) >= 11 is 5.87. The molecule has 1 aliphatic heterocycles. The molecule has 1 aliphatic rings. The van der Waals surface area contributed by atoms with Crippen molar-refractivity contribution in [3.05, 3.63) is 34.6 Å². The van der Waals surface area contributed by atoms with Crippen LogP contribution < -0.4 is 5.73 Å². The number of hydrogen-bond donors (Lipinski definition) is 1. The molecule has 0 saturated carbocycles. The van der Waals surface area contributed by atoms with Gasteiger partial charge in [-0.1, -0.05) is 18.5 Å². The SMILES string of the molecule is CCC1CC(N)=NN=C1c1cc(Cl)ccc1F. The van der Waals surface area contributed by atoms with Crippen LogP contribution in [0.15, 0.2) is 28.4 Å². The van der Waals surface area contributed by atoms with Crippen LogP contribution in [0, 0.1) is 11.7 Å². The molecule has 0 aromatic heterocycles. The predicted molar refractivity (Wildman–Crippen MR) is 68.0 cm³/mol. The fourth-order valence-electron chi connectivity index (χ4n) is 1.89. The summed E-state index contributed by atoms with van der Waals surface area (Å²) in [5, 5.41) is 8.33. The summed E-state index contributed by atoms with van der Waals surface area (Å²) in [7, 11) is 0. The van der Waals surface area contributed by atoms with Crippen LogP contribution in [0.3, 0.4) is 0 Å². The van der Waals surface area contributed by atoms with Crippen LogP contribution in [-0.4, -0.2) is 11.5 Å². The molecule has 0 amide bonds. The first-order valence-corrected chi connectivity index (χ1v) is 5.85. The van der Waals surface area contributed by atoms with Crippen LogP contribution in [0.4, 0.5) is 4.39 Å². The molecule has 0 bridgehead atoms. The summed E-state index contributed by atoms with van der Waals surface area (Å²) < 4.78 is 13.7. The van der Waals surface area contributed by atoms with Crippen molar-refractivity contribution in [1.82, 2.24) is 0 Å². The third-order valence-electron chi connectivity index (χ3n) is 2.83. The number of hydrogen-bond acceptors (Lipinski definition) is 3. The first-order chi connectivity index (χ1) is 8.11. The maximum absolute atomic E-state index is 13.7. The summed E-state index contributed by atoms with van der Waals surface area (Å²) in [6.45, 7) is 2.02. The van der Waals surface area contributed by atoms with Crippen molar-refractivity contribution in [3.8, 4) is 0 Å². The second-order valence-corrected chi connectivity index (χ2v) is 4.45. The molecule has 5 heteroatoms. The minimum Gasteiger partial charge on any atom is -0.386 e. The van der Waals surface area contributed by atoms with Gasteiger partial charge in [-0.3, -0.25) is 0 Å². The summed E-state index contributed by atoms with van der Waals surface area (Å²) in [5.74, 6) is 0.255. The molecule has 1 unspecified atom stereocenters. The maximum atomic E-state index is 13.7. The van der Waals surface area contributed by atoms with E-state index in [9.17, 15) is 4.39 Å². The van der Waals surface area contributed by atoms with E-state index in [0.717, 1.165) is 6.42 Å². The van der Waals surface area contributed by atoms with Crippen molar-refractivity contribution in [2.24, 2.45) is 21.9 Å². The number of nitrogens with two attached hydrogens (primary N) is 1. The van der Waals surface area contributed by atoms with Gasteiger partial charge in [0.05, 0.1) is 5.71 Å². The van der Waals surface area contributed by atoms with Crippen LogP contribution in [0.1, 0.15) is 25.3 Å². The summed E-state index contributed by atoms with van der Waals surface area (Å²) in [4.78, 5) is 0. The Morgan fingerprint density at radius 2 is 2.24 bits per heavy atom. The Morgan fingerprint density at radius 3 is 2.94 bits per heavy atom. The van der Waals surface area contributed by atoms with Gasteiger partial charge in [0.15, 0.2) is 0 Å². The van der Waals surface area contributed by atoms with Gasteiger partial charge < -0.3 is 5.73 Å². The first kappa shape index (κ1) is 12.0. The molecule has 90 valence electrons. The molecule has 2 N–H and O–H groups in total. The van der Waals surface area contributed by atoms with Gasteiger partial charge in [-0.2, -0.15) is 5.10 Å². The Labute approximate surface area is 104 Å². The zero-order valence-electron chi connectivity index (χ0n) is 9.45. The molecule has 1 aromatic carbocycles. The second kappa shape index (κ2) is 4.84. The van der Waals surface area contributed by atoms with E-state index in [4.69, 9.17) is 17.3 Å². The van der Waals surface area contributed by atoms with E-state index < -0.39 is 0 Å². The Kier molecular flexibility index (Phi) is 3.43. The van der Waals surface area contributed by atoms with Gasteiger partial charge in [0.25, 0.3) is 0 Å². The molecule has 2 rings (SSSR count). The van der Waals surface area contributed by atoms with E-state index >= 15 is 0 Å². The van der Waals surface area contributed by atoms with Gasteiger partial charge >= 0.3 is 0 Å². The minimum atomic E-state index is -0.331. The monoisotopic (exact) mass is 253 g/mol. The predicted octanol–water partition coefficient (Wildman–Crippen LogP) is 2.97. The summed E-state index contributed by atoms with van der Waals surface area (Å²) in [5.41, 5.74) is 6.68.